The Morgan fingerprint density at radius 2 is 1.17 bits per heavy atom. The van der Waals surface area contributed by atoms with Crippen LogP contribution in [0.5, 0.6) is 28.7 Å². The molecule has 0 aromatic heterocycles. The van der Waals surface area contributed by atoms with Crippen molar-refractivity contribution in [3.05, 3.63) is 40.5 Å². The van der Waals surface area contributed by atoms with Gasteiger partial charge in [0.1, 0.15) is 7.82 Å². The second-order valence-corrected chi connectivity index (χ2v) is 11.2. The minimum atomic E-state index is -5.33. The van der Waals surface area contributed by atoms with Crippen LogP contribution < -0.4 is 33.3 Å². The Bertz CT molecular complexity index is 1110. The molecule has 8 nitrogen and oxygen atoms in total. The van der Waals surface area contributed by atoms with Crippen molar-refractivity contribution in [2.45, 2.75) is 52.4 Å². The number of ether oxygens (including phenoxy) is 4. The maximum atomic E-state index is 11.5. The van der Waals surface area contributed by atoms with E-state index in [0.717, 1.165) is 16.7 Å². The quantitative estimate of drug-likeness (QED) is 0.375. The molecule has 2 aromatic carbocycles. The van der Waals surface area contributed by atoms with Crippen molar-refractivity contribution in [3.63, 3.8) is 0 Å². The van der Waals surface area contributed by atoms with E-state index in [1.165, 1.54) is 34.5 Å². The molecular weight excluding hydrogens is 471 g/mol. The van der Waals surface area contributed by atoms with Crippen molar-refractivity contribution in [1.82, 2.24) is 0 Å². The summed E-state index contributed by atoms with van der Waals surface area (Å²) in [6, 6.07) is 5.11. The van der Waals surface area contributed by atoms with Crippen LogP contribution >= 0.6 is 7.82 Å². The second kappa shape index (κ2) is 10.5. The highest BCUT2D eigenvalue weighted by atomic mass is 31.2. The Labute approximate surface area is 208 Å². The predicted octanol–water partition coefficient (Wildman–Crippen LogP) is 4.69. The van der Waals surface area contributed by atoms with Gasteiger partial charge in [-0.15, -0.1) is 0 Å². The molecule has 9 heteroatoms. The van der Waals surface area contributed by atoms with Gasteiger partial charge >= 0.3 is 0 Å². The molecule has 0 spiro atoms. The number of rotatable bonds is 8. The summed E-state index contributed by atoms with van der Waals surface area (Å²) in [6.07, 6.45) is 3.68. The fourth-order valence-corrected chi connectivity index (χ4v) is 4.47. The molecule has 0 atom stereocenters. The monoisotopic (exact) mass is 506 g/mol. The minimum absolute atomic E-state index is 0.150. The highest BCUT2D eigenvalue weighted by Crippen LogP contribution is 2.49. The summed E-state index contributed by atoms with van der Waals surface area (Å²) in [5.41, 5.74) is 2.31. The number of methoxy groups -OCH3 is 4. The number of benzene rings is 2. The van der Waals surface area contributed by atoms with Gasteiger partial charge in [-0.2, -0.15) is 0 Å². The van der Waals surface area contributed by atoms with Gasteiger partial charge in [0.2, 0.25) is 5.75 Å². The zero-order valence-electron chi connectivity index (χ0n) is 22.1. The third kappa shape index (κ3) is 6.72. The third-order valence-corrected chi connectivity index (χ3v) is 5.75. The maximum Gasteiger partial charge on any atom is 0.203 e. The van der Waals surface area contributed by atoms with Crippen LogP contribution in [-0.4, -0.2) is 28.4 Å². The Hall–Kier alpha value is -2.67. The normalized spacial score (nSPS) is 12.6. The van der Waals surface area contributed by atoms with Crippen LogP contribution in [0.25, 0.3) is 12.2 Å². The summed E-state index contributed by atoms with van der Waals surface area (Å²) in [6.45, 7) is 12.1. The van der Waals surface area contributed by atoms with Crippen molar-refractivity contribution >= 4 is 20.0 Å². The standard InChI is InChI=1S/C26H37O8P/c1-25(2,3)21-17(12-11-16-13-18(30-7)23(32-9)19(14-16)31-8)15-20(34-35(27,28)29)24(33-10)22(21)26(4,5)6/h11-15H,1-10H3,(H2,27,28,29)/p-2. The van der Waals surface area contributed by atoms with Crippen LogP contribution in [0.3, 0.4) is 0 Å². The van der Waals surface area contributed by atoms with Crippen molar-refractivity contribution in [2.75, 3.05) is 28.4 Å². The van der Waals surface area contributed by atoms with E-state index in [2.05, 4.69) is 20.8 Å². The third-order valence-electron chi connectivity index (χ3n) is 5.33. The molecule has 0 saturated carbocycles. The number of hydrogen-bond donors (Lipinski definition) is 0. The Morgan fingerprint density at radius 3 is 1.54 bits per heavy atom. The van der Waals surface area contributed by atoms with Crippen molar-refractivity contribution in [2.24, 2.45) is 0 Å². The lowest BCUT2D eigenvalue weighted by atomic mass is 9.72. The molecule has 2 rings (SSSR count). The zero-order valence-corrected chi connectivity index (χ0v) is 23.0. The van der Waals surface area contributed by atoms with Crippen LogP contribution in [0.2, 0.25) is 0 Å². The van der Waals surface area contributed by atoms with Crippen LogP contribution in [0.4, 0.5) is 0 Å². The number of hydrogen-bond acceptors (Lipinski definition) is 8. The first-order chi connectivity index (χ1) is 16.1. The summed E-state index contributed by atoms with van der Waals surface area (Å²) in [4.78, 5) is 23.1. The highest BCUT2D eigenvalue weighted by molar-refractivity contribution is 7.43. The van der Waals surface area contributed by atoms with Gasteiger partial charge in [0.15, 0.2) is 23.0 Å². The van der Waals surface area contributed by atoms with Crippen LogP contribution in [0.1, 0.15) is 63.8 Å². The van der Waals surface area contributed by atoms with Crippen LogP contribution in [0, 0.1) is 0 Å². The smallest absolute Gasteiger partial charge is 0.203 e. The molecule has 35 heavy (non-hydrogen) atoms. The van der Waals surface area contributed by atoms with E-state index in [1.807, 2.05) is 32.9 Å². The highest BCUT2D eigenvalue weighted by Gasteiger charge is 2.33. The molecule has 0 unspecified atom stereocenters. The Balaban J connectivity index is 2.88. The molecule has 0 heterocycles. The molecule has 0 aliphatic carbocycles. The van der Waals surface area contributed by atoms with E-state index in [9.17, 15) is 14.4 Å². The van der Waals surface area contributed by atoms with Gasteiger partial charge in [0, 0.05) is 5.56 Å². The van der Waals surface area contributed by atoms with Gasteiger partial charge in [-0.25, -0.2) is 0 Å². The first-order valence-corrected chi connectivity index (χ1v) is 12.5. The molecule has 0 bridgehead atoms. The van der Waals surface area contributed by atoms with Gasteiger partial charge in [-0.3, -0.25) is 0 Å². The van der Waals surface area contributed by atoms with E-state index in [0.29, 0.717) is 22.8 Å². The molecule has 194 valence electrons. The molecule has 0 aliphatic rings. The molecule has 0 saturated heterocycles. The largest absolute Gasteiger partial charge is 0.780 e. The lowest BCUT2D eigenvalue weighted by molar-refractivity contribution is -0.333. The summed E-state index contributed by atoms with van der Waals surface area (Å²) >= 11 is 0. The fourth-order valence-electron chi connectivity index (χ4n) is 4.09. The molecule has 0 aliphatic heterocycles. The maximum absolute atomic E-state index is 11.5. The van der Waals surface area contributed by atoms with Crippen molar-refractivity contribution < 1.29 is 37.8 Å². The Morgan fingerprint density at radius 1 is 0.686 bits per heavy atom. The van der Waals surface area contributed by atoms with E-state index in [4.69, 9.17) is 23.5 Å². The summed E-state index contributed by atoms with van der Waals surface area (Å²) in [5, 5.41) is 0. The SMILES string of the molecule is COc1cc(C=Cc2cc(OP(=O)([O-])[O-])c(OC)c(C(C)(C)C)c2C(C)(C)C)cc(OC)c1OC. The van der Waals surface area contributed by atoms with Crippen molar-refractivity contribution in [3.8, 4) is 28.7 Å². The molecule has 0 fully saturated rings. The first-order valence-electron chi connectivity index (χ1n) is 11.0. The topological polar surface area (TPSA) is 109 Å². The zero-order chi connectivity index (χ0) is 26.8. The van der Waals surface area contributed by atoms with Crippen molar-refractivity contribution in [1.29, 1.82) is 0 Å². The molecule has 2 aromatic rings. The average Bonchev–Trinajstić information content (AvgIpc) is 2.73. The lowest BCUT2D eigenvalue weighted by Crippen LogP contribution is -2.25. The summed E-state index contributed by atoms with van der Waals surface area (Å²) < 4.78 is 38.3. The molecular formula is C26H35O8P-2. The van der Waals surface area contributed by atoms with E-state index < -0.39 is 13.2 Å². The van der Waals surface area contributed by atoms with E-state index in [1.54, 1.807) is 12.1 Å². The van der Waals surface area contributed by atoms with Gasteiger partial charge in [0.25, 0.3) is 0 Å². The van der Waals surface area contributed by atoms with Gasteiger partial charge < -0.3 is 37.8 Å². The second-order valence-electron chi connectivity index (χ2n) is 10.1. The Kier molecular flexibility index (Phi) is 8.59. The van der Waals surface area contributed by atoms with Gasteiger partial charge in [-0.05, 0) is 45.7 Å². The number of phosphoric acid groups is 1. The molecule has 0 N–H and O–H groups in total. The number of phosphoric ester groups is 1. The average molecular weight is 507 g/mol. The van der Waals surface area contributed by atoms with E-state index in [-0.39, 0.29) is 16.9 Å². The fraction of sp³-hybridized carbons (Fsp3) is 0.462. The molecule has 0 radical (unpaired) electrons. The first kappa shape index (κ1) is 28.6. The van der Waals surface area contributed by atoms with Crippen LogP contribution in [-0.2, 0) is 15.4 Å². The van der Waals surface area contributed by atoms with Crippen LogP contribution in [0.15, 0.2) is 18.2 Å². The van der Waals surface area contributed by atoms with Gasteiger partial charge in [-0.1, -0.05) is 53.7 Å². The predicted molar refractivity (Wildman–Crippen MR) is 134 cm³/mol. The summed E-state index contributed by atoms with van der Waals surface area (Å²) in [5.74, 6) is 1.53. The van der Waals surface area contributed by atoms with Gasteiger partial charge in [0.05, 0.1) is 28.4 Å². The summed E-state index contributed by atoms with van der Waals surface area (Å²) in [7, 11) is 0.697. The lowest BCUT2D eigenvalue weighted by Gasteiger charge is -2.36. The molecule has 0 amide bonds. The van der Waals surface area contributed by atoms with E-state index >= 15 is 0 Å². The minimum Gasteiger partial charge on any atom is -0.780 e.